The highest BCUT2D eigenvalue weighted by Gasteiger charge is 2.27. The summed E-state index contributed by atoms with van der Waals surface area (Å²) in [6, 6.07) is 19.9. The second-order valence-electron chi connectivity index (χ2n) is 8.67. The minimum absolute atomic E-state index is 0.135. The van der Waals surface area contributed by atoms with E-state index in [1.54, 1.807) is 10.7 Å². The lowest BCUT2D eigenvalue weighted by atomic mass is 9.94. The summed E-state index contributed by atoms with van der Waals surface area (Å²) in [5.74, 6) is -0.763. The number of aromatic hydroxyl groups is 1. The highest BCUT2D eigenvalue weighted by molar-refractivity contribution is 5.99. The van der Waals surface area contributed by atoms with Gasteiger partial charge in [-0.1, -0.05) is 48.5 Å². The van der Waals surface area contributed by atoms with Crippen LogP contribution in [0, 0.1) is 5.82 Å². The number of anilines is 1. The van der Waals surface area contributed by atoms with E-state index in [9.17, 15) is 14.3 Å². The van der Waals surface area contributed by atoms with Gasteiger partial charge in [0.1, 0.15) is 35.0 Å². The Labute approximate surface area is 209 Å². The van der Waals surface area contributed by atoms with Crippen molar-refractivity contribution >= 4 is 27.8 Å². The van der Waals surface area contributed by atoms with Gasteiger partial charge in [-0.15, -0.1) is 0 Å². The predicted octanol–water partition coefficient (Wildman–Crippen LogP) is 5.30. The van der Waals surface area contributed by atoms with Crippen LogP contribution in [-0.2, 0) is 0 Å². The number of benzene rings is 3. The molecule has 0 bridgehead atoms. The second kappa shape index (κ2) is 8.56. The topological polar surface area (TPSA) is 120 Å². The van der Waals surface area contributed by atoms with Gasteiger partial charge in [0, 0.05) is 22.6 Å². The number of nitrogens with zero attached hydrogens (tertiary/aromatic N) is 4. The minimum Gasteiger partial charge on any atom is -0.508 e. The number of nitrogens with two attached hydrogens (primary N) is 1. The first kappa shape index (κ1) is 22.4. The van der Waals surface area contributed by atoms with E-state index in [-0.39, 0.29) is 17.3 Å². The van der Waals surface area contributed by atoms with Crippen molar-refractivity contribution in [2.45, 2.75) is 13.0 Å². The fourth-order valence-corrected chi connectivity index (χ4v) is 4.76. The predicted molar refractivity (Wildman–Crippen MR) is 139 cm³/mol. The molecule has 1 atom stereocenters. The summed E-state index contributed by atoms with van der Waals surface area (Å²) in [5, 5.41) is 15.9. The van der Waals surface area contributed by atoms with E-state index in [1.807, 2.05) is 55.5 Å². The van der Waals surface area contributed by atoms with Gasteiger partial charge in [-0.3, -0.25) is 0 Å². The van der Waals surface area contributed by atoms with Gasteiger partial charge in [-0.2, -0.15) is 5.10 Å². The minimum atomic E-state index is -0.663. The maximum atomic E-state index is 14.2. The molecule has 3 N–H and O–H groups in total. The van der Waals surface area contributed by atoms with Crippen LogP contribution >= 0.6 is 0 Å². The molecule has 0 saturated carbocycles. The molecule has 3 aromatic heterocycles. The molecule has 0 amide bonds. The summed E-state index contributed by atoms with van der Waals surface area (Å²) in [5.41, 5.74) is 9.02. The van der Waals surface area contributed by atoms with Gasteiger partial charge in [0.15, 0.2) is 5.65 Å². The van der Waals surface area contributed by atoms with Gasteiger partial charge in [-0.25, -0.2) is 23.8 Å². The van der Waals surface area contributed by atoms with Crippen molar-refractivity contribution in [3.05, 3.63) is 101 Å². The molecule has 9 heteroatoms. The molecule has 1 unspecified atom stereocenters. The summed E-state index contributed by atoms with van der Waals surface area (Å²) >= 11 is 0. The van der Waals surface area contributed by atoms with Gasteiger partial charge in [0.2, 0.25) is 0 Å². The van der Waals surface area contributed by atoms with E-state index >= 15 is 0 Å². The van der Waals surface area contributed by atoms with Crippen LogP contribution in [0.15, 0.2) is 88.3 Å². The zero-order valence-corrected chi connectivity index (χ0v) is 19.6. The first-order valence-electron chi connectivity index (χ1n) is 11.5. The summed E-state index contributed by atoms with van der Waals surface area (Å²) in [4.78, 5) is 21.9. The molecule has 8 nitrogen and oxygen atoms in total. The average molecular weight is 493 g/mol. The molecule has 0 aliphatic rings. The Kier molecular flexibility index (Phi) is 5.19. The monoisotopic (exact) mass is 493 g/mol. The molecule has 0 aliphatic carbocycles. The molecule has 3 heterocycles. The van der Waals surface area contributed by atoms with Crippen molar-refractivity contribution in [3.8, 4) is 28.1 Å². The molecular formula is C28H20FN5O3. The highest BCUT2D eigenvalue weighted by Crippen LogP contribution is 2.38. The average Bonchev–Trinajstić information content (AvgIpc) is 3.29. The number of phenolic OH excluding ortho intramolecular Hbond substituents is 1. The number of para-hydroxylation sites is 1. The molecule has 37 heavy (non-hydrogen) atoms. The van der Waals surface area contributed by atoms with Gasteiger partial charge >= 0.3 is 5.63 Å². The molecule has 0 radical (unpaired) electrons. The quantitative estimate of drug-likeness (QED) is 0.320. The lowest BCUT2D eigenvalue weighted by Gasteiger charge is -2.18. The van der Waals surface area contributed by atoms with E-state index in [0.717, 1.165) is 22.6 Å². The SMILES string of the molecule is CC(c1c(-c2ccccc2)c2ccccc2oc1=O)n1nc(-c2cc(O)cc(F)c2)c2c(N)ncnc21. The zero-order chi connectivity index (χ0) is 25.7. The standard InChI is InChI=1S/C28H20FN5O3/c1-15(22-23(16-7-3-2-4-8-16)20-9-5-6-10-21(20)37-28(22)36)34-27-24(26(30)31-14-32-27)25(33-34)17-11-18(29)13-19(35)12-17/h2-15,35H,1H3,(H2,30,31,32). The summed E-state index contributed by atoms with van der Waals surface area (Å²) in [7, 11) is 0. The van der Waals surface area contributed by atoms with Crippen molar-refractivity contribution in [2.75, 3.05) is 5.73 Å². The number of fused-ring (bicyclic) bond motifs is 2. The lowest BCUT2D eigenvalue weighted by molar-refractivity contribution is 0.469. The Morgan fingerprint density at radius 2 is 1.76 bits per heavy atom. The molecule has 6 rings (SSSR count). The largest absolute Gasteiger partial charge is 0.508 e. The number of hydrogen-bond acceptors (Lipinski definition) is 7. The zero-order valence-electron chi connectivity index (χ0n) is 19.6. The van der Waals surface area contributed by atoms with Crippen molar-refractivity contribution in [1.82, 2.24) is 19.7 Å². The third-order valence-corrected chi connectivity index (χ3v) is 6.37. The molecule has 182 valence electrons. The molecule has 3 aromatic carbocycles. The second-order valence-corrected chi connectivity index (χ2v) is 8.67. The van der Waals surface area contributed by atoms with E-state index in [1.165, 1.54) is 18.5 Å². The number of halogens is 1. The molecule has 0 spiro atoms. The summed E-state index contributed by atoms with van der Waals surface area (Å²) in [6.45, 7) is 1.81. The molecule has 0 aliphatic heterocycles. The van der Waals surface area contributed by atoms with E-state index < -0.39 is 17.5 Å². The van der Waals surface area contributed by atoms with Crippen molar-refractivity contribution in [2.24, 2.45) is 0 Å². The van der Waals surface area contributed by atoms with Gasteiger partial charge < -0.3 is 15.3 Å². The van der Waals surface area contributed by atoms with Gasteiger partial charge in [-0.05, 0) is 30.7 Å². The molecule has 6 aromatic rings. The smallest absolute Gasteiger partial charge is 0.342 e. The normalized spacial score (nSPS) is 12.3. The van der Waals surface area contributed by atoms with Crippen LogP contribution in [0.3, 0.4) is 0 Å². The van der Waals surface area contributed by atoms with Gasteiger partial charge in [0.25, 0.3) is 0 Å². The summed E-state index contributed by atoms with van der Waals surface area (Å²) in [6.07, 6.45) is 1.30. The van der Waals surface area contributed by atoms with Crippen LogP contribution in [0.4, 0.5) is 10.2 Å². The Morgan fingerprint density at radius 1 is 1.00 bits per heavy atom. The van der Waals surface area contributed by atoms with Crippen molar-refractivity contribution in [1.29, 1.82) is 0 Å². The van der Waals surface area contributed by atoms with Gasteiger partial charge in [0.05, 0.1) is 17.0 Å². The van der Waals surface area contributed by atoms with Crippen molar-refractivity contribution in [3.63, 3.8) is 0 Å². The maximum absolute atomic E-state index is 14.2. The number of rotatable bonds is 4. The van der Waals surface area contributed by atoms with Crippen LogP contribution < -0.4 is 11.4 Å². The first-order chi connectivity index (χ1) is 17.9. The number of phenols is 1. The molecule has 0 saturated heterocycles. The van der Waals surface area contributed by atoms with Crippen molar-refractivity contribution < 1.29 is 13.9 Å². The maximum Gasteiger partial charge on any atom is 0.342 e. The number of aromatic nitrogens is 4. The third kappa shape index (κ3) is 3.68. The van der Waals surface area contributed by atoms with Crippen LogP contribution in [0.1, 0.15) is 18.5 Å². The lowest BCUT2D eigenvalue weighted by Crippen LogP contribution is -2.19. The number of nitrogen functional groups attached to an aromatic ring is 1. The van der Waals surface area contributed by atoms with Crippen LogP contribution in [0.5, 0.6) is 5.75 Å². The first-order valence-corrected chi connectivity index (χ1v) is 11.5. The van der Waals surface area contributed by atoms with E-state index in [4.69, 9.17) is 15.2 Å². The van der Waals surface area contributed by atoms with Crippen LogP contribution in [0.2, 0.25) is 0 Å². The van der Waals surface area contributed by atoms with Crippen LogP contribution in [-0.4, -0.2) is 24.9 Å². The summed E-state index contributed by atoms with van der Waals surface area (Å²) < 4.78 is 21.4. The Hall–Kier alpha value is -5.05. The van der Waals surface area contributed by atoms with Crippen LogP contribution in [0.25, 0.3) is 44.4 Å². The Balaban J connectivity index is 1.66. The number of hydrogen-bond donors (Lipinski definition) is 2. The molecular weight excluding hydrogens is 473 g/mol. The Bertz CT molecular complexity index is 1840. The van der Waals surface area contributed by atoms with E-state index in [2.05, 4.69) is 9.97 Å². The van der Waals surface area contributed by atoms with E-state index in [0.29, 0.717) is 27.7 Å². The fourth-order valence-electron chi connectivity index (χ4n) is 4.76. The Morgan fingerprint density at radius 3 is 2.54 bits per heavy atom. The highest BCUT2D eigenvalue weighted by atomic mass is 19.1. The third-order valence-electron chi connectivity index (χ3n) is 6.37. The molecule has 0 fully saturated rings. The fraction of sp³-hybridized carbons (Fsp3) is 0.0714.